The van der Waals surface area contributed by atoms with Gasteiger partial charge < -0.3 is 9.47 Å². The summed E-state index contributed by atoms with van der Waals surface area (Å²) < 4.78 is 11.8. The molecule has 0 radical (unpaired) electrons. The van der Waals surface area contributed by atoms with Gasteiger partial charge in [-0.2, -0.15) is 0 Å². The lowest BCUT2D eigenvalue weighted by Gasteiger charge is -2.26. The summed E-state index contributed by atoms with van der Waals surface area (Å²) in [4.78, 5) is 12.6. The van der Waals surface area contributed by atoms with E-state index in [2.05, 4.69) is 11.8 Å². The number of hydrogen-bond acceptors (Lipinski definition) is 5. The van der Waals surface area contributed by atoms with Crippen molar-refractivity contribution >= 4 is 5.69 Å². The zero-order valence-electron chi connectivity index (χ0n) is 14.3. The van der Waals surface area contributed by atoms with Crippen LogP contribution in [-0.2, 0) is 0 Å². The molecule has 2 aromatic carbocycles. The molecule has 1 aliphatic heterocycles. The van der Waals surface area contributed by atoms with Gasteiger partial charge in [0.25, 0.3) is 5.69 Å². The number of nitro benzene ring substituents is 1. The highest BCUT2D eigenvalue weighted by Gasteiger charge is 2.35. The lowest BCUT2D eigenvalue weighted by Crippen LogP contribution is -2.37. The second-order valence-corrected chi connectivity index (χ2v) is 6.49. The minimum absolute atomic E-state index is 0.0728. The number of benzene rings is 2. The Balaban J connectivity index is 1.48. The van der Waals surface area contributed by atoms with Crippen molar-refractivity contribution in [3.63, 3.8) is 0 Å². The molecule has 1 unspecified atom stereocenters. The first kappa shape index (κ1) is 17.2. The number of non-ortho nitro benzene ring substituents is 1. The maximum absolute atomic E-state index is 10.7. The van der Waals surface area contributed by atoms with Crippen molar-refractivity contribution in [1.82, 2.24) is 4.90 Å². The molecule has 0 saturated carbocycles. The van der Waals surface area contributed by atoms with Crippen LogP contribution in [0.15, 0.2) is 54.6 Å². The van der Waals surface area contributed by atoms with Gasteiger partial charge in [0.15, 0.2) is 0 Å². The minimum atomic E-state index is -0.407. The molecule has 0 spiro atoms. The van der Waals surface area contributed by atoms with E-state index in [0.29, 0.717) is 12.4 Å². The van der Waals surface area contributed by atoms with E-state index >= 15 is 0 Å². The third kappa shape index (κ3) is 4.70. The Bertz CT molecular complexity index is 705. The minimum Gasteiger partial charge on any atom is -0.492 e. The van der Waals surface area contributed by atoms with Crippen LogP contribution < -0.4 is 9.47 Å². The molecule has 0 aliphatic carbocycles. The zero-order valence-corrected chi connectivity index (χ0v) is 14.3. The molecule has 0 aromatic heterocycles. The summed E-state index contributed by atoms with van der Waals surface area (Å²) in [5.41, 5.74) is -0.216. The third-order valence-electron chi connectivity index (χ3n) is 4.35. The molecule has 132 valence electrons. The van der Waals surface area contributed by atoms with Gasteiger partial charge in [-0.25, -0.2) is 0 Å². The number of hydrogen-bond donors (Lipinski definition) is 0. The van der Waals surface area contributed by atoms with E-state index in [1.54, 1.807) is 12.1 Å². The van der Waals surface area contributed by atoms with E-state index in [4.69, 9.17) is 9.47 Å². The summed E-state index contributed by atoms with van der Waals surface area (Å²) in [6.45, 7) is 5.31. The van der Waals surface area contributed by atoms with E-state index in [1.807, 2.05) is 30.3 Å². The van der Waals surface area contributed by atoms with Gasteiger partial charge in [-0.15, -0.1) is 0 Å². The molecular formula is C19H22N2O4. The van der Waals surface area contributed by atoms with E-state index in [9.17, 15) is 10.1 Å². The van der Waals surface area contributed by atoms with E-state index < -0.39 is 4.92 Å². The van der Waals surface area contributed by atoms with Gasteiger partial charge in [0.2, 0.25) is 0 Å². The van der Waals surface area contributed by atoms with Gasteiger partial charge >= 0.3 is 0 Å². The van der Waals surface area contributed by atoms with Gasteiger partial charge in [-0.05, 0) is 31.2 Å². The van der Waals surface area contributed by atoms with Crippen molar-refractivity contribution in [2.24, 2.45) is 0 Å². The molecule has 0 amide bonds. The predicted octanol–water partition coefficient (Wildman–Crippen LogP) is 3.52. The first-order valence-corrected chi connectivity index (χ1v) is 8.38. The molecule has 0 N–H and O–H groups in total. The molecule has 6 nitrogen and oxygen atoms in total. The van der Waals surface area contributed by atoms with Crippen molar-refractivity contribution in [3.05, 3.63) is 64.7 Å². The molecule has 1 saturated heterocycles. The van der Waals surface area contributed by atoms with Crippen LogP contribution >= 0.6 is 0 Å². The summed E-state index contributed by atoms with van der Waals surface area (Å²) in [6.07, 6.45) is 0.912. The predicted molar refractivity (Wildman–Crippen MR) is 95.1 cm³/mol. The molecule has 1 heterocycles. The lowest BCUT2D eigenvalue weighted by atomic mass is 10.1. The molecule has 1 fully saturated rings. The number of para-hydroxylation sites is 1. The number of ether oxygens (including phenoxy) is 2. The molecule has 2 aromatic rings. The summed E-state index contributed by atoms with van der Waals surface area (Å²) in [7, 11) is 0. The second kappa shape index (κ2) is 7.53. The highest BCUT2D eigenvalue weighted by molar-refractivity contribution is 5.36. The van der Waals surface area contributed by atoms with Crippen LogP contribution in [0.2, 0.25) is 0 Å². The summed E-state index contributed by atoms with van der Waals surface area (Å²) in [5.74, 6) is 1.54. The Morgan fingerprint density at radius 2 is 1.84 bits per heavy atom. The third-order valence-corrected chi connectivity index (χ3v) is 4.35. The van der Waals surface area contributed by atoms with Crippen LogP contribution in [0.3, 0.4) is 0 Å². The summed E-state index contributed by atoms with van der Waals surface area (Å²) in [6, 6.07) is 16.0. The van der Waals surface area contributed by atoms with Crippen LogP contribution in [0, 0.1) is 10.1 Å². The maximum Gasteiger partial charge on any atom is 0.269 e. The fraction of sp³-hybridized carbons (Fsp3) is 0.368. The van der Waals surface area contributed by atoms with E-state index in [0.717, 1.165) is 31.8 Å². The van der Waals surface area contributed by atoms with Crippen molar-refractivity contribution in [2.75, 3.05) is 26.2 Å². The second-order valence-electron chi connectivity index (χ2n) is 6.49. The van der Waals surface area contributed by atoms with Crippen LogP contribution in [0.5, 0.6) is 11.5 Å². The van der Waals surface area contributed by atoms with Crippen LogP contribution in [0.1, 0.15) is 13.3 Å². The summed E-state index contributed by atoms with van der Waals surface area (Å²) in [5, 5.41) is 10.7. The molecule has 25 heavy (non-hydrogen) atoms. The number of nitrogens with zero attached hydrogens (tertiary/aromatic N) is 2. The van der Waals surface area contributed by atoms with Crippen molar-refractivity contribution in [1.29, 1.82) is 0 Å². The monoisotopic (exact) mass is 342 g/mol. The largest absolute Gasteiger partial charge is 0.492 e. The molecule has 0 bridgehead atoms. The fourth-order valence-electron chi connectivity index (χ4n) is 3.03. The Morgan fingerprint density at radius 3 is 2.52 bits per heavy atom. The first-order valence-electron chi connectivity index (χ1n) is 8.38. The molecule has 3 rings (SSSR count). The Morgan fingerprint density at radius 1 is 1.12 bits per heavy atom. The molecule has 1 atom stereocenters. The van der Waals surface area contributed by atoms with Crippen molar-refractivity contribution in [2.45, 2.75) is 18.9 Å². The number of rotatable bonds is 7. The average Bonchev–Trinajstić information content (AvgIpc) is 2.97. The summed E-state index contributed by atoms with van der Waals surface area (Å²) >= 11 is 0. The van der Waals surface area contributed by atoms with Gasteiger partial charge in [0.05, 0.1) is 4.92 Å². The van der Waals surface area contributed by atoms with Gasteiger partial charge in [-0.1, -0.05) is 18.2 Å². The normalized spacial score (nSPS) is 20.4. The topological polar surface area (TPSA) is 64.8 Å². The van der Waals surface area contributed by atoms with E-state index in [-0.39, 0.29) is 11.3 Å². The maximum atomic E-state index is 10.7. The van der Waals surface area contributed by atoms with Crippen molar-refractivity contribution < 1.29 is 14.4 Å². The van der Waals surface area contributed by atoms with Gasteiger partial charge in [0.1, 0.15) is 23.7 Å². The quantitative estimate of drug-likeness (QED) is 0.569. The fourth-order valence-corrected chi connectivity index (χ4v) is 3.03. The van der Waals surface area contributed by atoms with Crippen molar-refractivity contribution in [3.8, 4) is 11.5 Å². The lowest BCUT2D eigenvalue weighted by molar-refractivity contribution is -0.384. The van der Waals surface area contributed by atoms with Crippen LogP contribution in [0.4, 0.5) is 5.69 Å². The highest BCUT2D eigenvalue weighted by Crippen LogP contribution is 2.28. The number of nitro groups is 1. The molecular weight excluding hydrogens is 320 g/mol. The zero-order chi connectivity index (χ0) is 17.7. The first-order chi connectivity index (χ1) is 12.0. The smallest absolute Gasteiger partial charge is 0.269 e. The van der Waals surface area contributed by atoms with Gasteiger partial charge in [0, 0.05) is 38.2 Å². The van der Waals surface area contributed by atoms with Crippen LogP contribution in [0.25, 0.3) is 0 Å². The van der Waals surface area contributed by atoms with Crippen LogP contribution in [-0.4, -0.2) is 41.7 Å². The Labute approximate surface area is 147 Å². The van der Waals surface area contributed by atoms with E-state index in [1.165, 1.54) is 12.1 Å². The average molecular weight is 342 g/mol. The molecule has 6 heteroatoms. The highest BCUT2D eigenvalue weighted by atomic mass is 16.6. The molecule has 1 aliphatic rings. The SMILES string of the molecule is CC1(Oc2ccc([N+](=O)[O-])cc2)CCN(CCOc2ccccc2)C1. The standard InChI is InChI=1S/C19H22N2O4/c1-19(25-18-9-7-16(8-10-18)21(22)23)11-12-20(15-19)13-14-24-17-5-3-2-4-6-17/h2-10H,11-15H2,1H3. The van der Waals surface area contributed by atoms with Gasteiger partial charge in [-0.3, -0.25) is 15.0 Å². The Hall–Kier alpha value is -2.60. The number of likely N-dealkylation sites (tertiary alicyclic amines) is 1. The Kier molecular flexibility index (Phi) is 5.19.